The van der Waals surface area contributed by atoms with Gasteiger partial charge in [-0.3, -0.25) is 0 Å². The fourth-order valence-corrected chi connectivity index (χ4v) is 1.08. The van der Waals surface area contributed by atoms with Crippen molar-refractivity contribution in [3.05, 3.63) is 0 Å². The molecule has 0 aromatic carbocycles. The zero-order valence-corrected chi connectivity index (χ0v) is 6.29. The molecule has 0 aromatic heterocycles. The van der Waals surface area contributed by atoms with Gasteiger partial charge in [0, 0.05) is 0 Å². The minimum absolute atomic E-state index is 0.246. The van der Waals surface area contributed by atoms with Crippen LogP contribution in [0.5, 0.6) is 0 Å². The Kier molecular flexibility index (Phi) is 2.27. The Morgan fingerprint density at radius 3 is 2.80 bits per heavy atom. The van der Waals surface area contributed by atoms with Crippen LogP contribution in [0.15, 0.2) is 0 Å². The number of rotatable bonds is 1. The zero-order chi connectivity index (χ0) is 7.56. The van der Waals surface area contributed by atoms with Gasteiger partial charge in [0.15, 0.2) is 6.10 Å². The third-order valence-corrected chi connectivity index (χ3v) is 1.66. The van der Waals surface area contributed by atoms with Gasteiger partial charge in [0.25, 0.3) is 0 Å². The average molecular weight is 144 g/mol. The van der Waals surface area contributed by atoms with Crippen LogP contribution < -0.4 is 0 Å². The molecule has 1 heterocycles. The molecule has 2 atom stereocenters. The molecule has 58 valence electrons. The van der Waals surface area contributed by atoms with Gasteiger partial charge in [-0.1, -0.05) is 6.92 Å². The number of hydrogen-bond donors (Lipinski definition) is 0. The summed E-state index contributed by atoms with van der Waals surface area (Å²) in [6.07, 6.45) is 0.493. The molecule has 0 aromatic rings. The van der Waals surface area contributed by atoms with Crippen molar-refractivity contribution < 1.29 is 14.3 Å². The van der Waals surface area contributed by atoms with Crippen molar-refractivity contribution in [3.63, 3.8) is 0 Å². The van der Waals surface area contributed by atoms with Gasteiger partial charge in [0.2, 0.25) is 0 Å². The third-order valence-electron chi connectivity index (χ3n) is 1.66. The SMILES string of the molecule is COC(=O)[C@@H]1C[C@H](C)CO1. The van der Waals surface area contributed by atoms with Crippen molar-refractivity contribution in [1.29, 1.82) is 0 Å². The summed E-state index contributed by atoms with van der Waals surface area (Å²) in [5.41, 5.74) is 0. The molecule has 10 heavy (non-hydrogen) atoms. The van der Waals surface area contributed by atoms with E-state index in [1.54, 1.807) is 0 Å². The molecule has 0 aliphatic carbocycles. The Morgan fingerprint density at radius 2 is 2.40 bits per heavy atom. The molecular weight excluding hydrogens is 132 g/mol. The second-order valence-electron chi connectivity index (χ2n) is 2.69. The highest BCUT2D eigenvalue weighted by Crippen LogP contribution is 2.19. The summed E-state index contributed by atoms with van der Waals surface area (Å²) in [5.74, 6) is 0.244. The highest BCUT2D eigenvalue weighted by Gasteiger charge is 2.28. The monoisotopic (exact) mass is 144 g/mol. The van der Waals surface area contributed by atoms with Crippen LogP contribution in [0.4, 0.5) is 0 Å². The highest BCUT2D eigenvalue weighted by atomic mass is 16.6. The first-order valence-corrected chi connectivity index (χ1v) is 3.43. The van der Waals surface area contributed by atoms with Gasteiger partial charge in [0.05, 0.1) is 13.7 Å². The first kappa shape index (κ1) is 7.54. The molecule has 0 bridgehead atoms. The number of carbonyl (C=O) groups excluding carboxylic acids is 1. The largest absolute Gasteiger partial charge is 0.467 e. The molecule has 1 saturated heterocycles. The molecule has 0 unspecified atom stereocenters. The number of hydrogen-bond acceptors (Lipinski definition) is 3. The van der Waals surface area contributed by atoms with Crippen LogP contribution in [0.2, 0.25) is 0 Å². The molecule has 0 radical (unpaired) electrons. The minimum Gasteiger partial charge on any atom is -0.467 e. The quantitative estimate of drug-likeness (QED) is 0.505. The van der Waals surface area contributed by atoms with E-state index < -0.39 is 0 Å². The maximum absolute atomic E-state index is 10.8. The van der Waals surface area contributed by atoms with Gasteiger partial charge >= 0.3 is 5.97 Å². The first-order valence-electron chi connectivity index (χ1n) is 3.43. The fourth-order valence-electron chi connectivity index (χ4n) is 1.08. The third kappa shape index (κ3) is 1.48. The molecular formula is C7H12O3. The second-order valence-corrected chi connectivity index (χ2v) is 2.69. The molecule has 1 rings (SSSR count). The van der Waals surface area contributed by atoms with Crippen LogP contribution in [-0.4, -0.2) is 25.8 Å². The fraction of sp³-hybridized carbons (Fsp3) is 0.857. The Bertz CT molecular complexity index is 133. The van der Waals surface area contributed by atoms with Crippen LogP contribution in [0.3, 0.4) is 0 Å². The lowest BCUT2D eigenvalue weighted by molar-refractivity contribution is -0.151. The van der Waals surface area contributed by atoms with Gasteiger partial charge < -0.3 is 9.47 Å². The summed E-state index contributed by atoms with van der Waals surface area (Å²) in [6, 6.07) is 0. The lowest BCUT2D eigenvalue weighted by Gasteiger charge is -2.04. The zero-order valence-electron chi connectivity index (χ0n) is 6.29. The second kappa shape index (κ2) is 3.01. The van der Waals surface area contributed by atoms with Gasteiger partial charge in [-0.05, 0) is 12.3 Å². The van der Waals surface area contributed by atoms with Crippen molar-refractivity contribution >= 4 is 5.97 Å². The van der Waals surface area contributed by atoms with E-state index in [1.165, 1.54) is 7.11 Å². The van der Waals surface area contributed by atoms with Crippen LogP contribution in [0.25, 0.3) is 0 Å². The number of ether oxygens (including phenoxy) is 2. The molecule has 0 saturated carbocycles. The van der Waals surface area contributed by atoms with E-state index in [-0.39, 0.29) is 12.1 Å². The van der Waals surface area contributed by atoms with Gasteiger partial charge in [-0.2, -0.15) is 0 Å². The maximum Gasteiger partial charge on any atom is 0.334 e. The number of methoxy groups -OCH3 is 1. The molecule has 1 aliphatic rings. The average Bonchev–Trinajstić information content (AvgIpc) is 2.34. The van der Waals surface area contributed by atoms with Crippen LogP contribution in [-0.2, 0) is 14.3 Å². The minimum atomic E-state index is -0.306. The number of carbonyl (C=O) groups is 1. The standard InChI is InChI=1S/C7H12O3/c1-5-3-6(10-4-5)7(8)9-2/h5-6H,3-4H2,1-2H3/t5-,6-/m0/s1. The highest BCUT2D eigenvalue weighted by molar-refractivity contribution is 5.74. The first-order chi connectivity index (χ1) is 4.74. The van der Waals surface area contributed by atoms with Crippen LogP contribution >= 0.6 is 0 Å². The van der Waals surface area contributed by atoms with E-state index in [0.29, 0.717) is 12.5 Å². The lowest BCUT2D eigenvalue weighted by Crippen LogP contribution is -2.20. The molecule has 0 amide bonds. The van der Waals surface area contributed by atoms with E-state index in [0.717, 1.165) is 6.42 Å². The van der Waals surface area contributed by atoms with Crippen molar-refractivity contribution in [2.24, 2.45) is 5.92 Å². The maximum atomic E-state index is 10.8. The summed E-state index contributed by atoms with van der Waals surface area (Å²) in [6.45, 7) is 2.74. The number of esters is 1. The van der Waals surface area contributed by atoms with E-state index in [1.807, 2.05) is 0 Å². The van der Waals surface area contributed by atoms with Crippen molar-refractivity contribution in [3.8, 4) is 0 Å². The topological polar surface area (TPSA) is 35.5 Å². The van der Waals surface area contributed by atoms with Crippen molar-refractivity contribution in [2.75, 3.05) is 13.7 Å². The summed E-state index contributed by atoms with van der Waals surface area (Å²) in [4.78, 5) is 10.8. The molecule has 1 fully saturated rings. The van der Waals surface area contributed by atoms with Gasteiger partial charge in [0.1, 0.15) is 0 Å². The molecule has 1 aliphatic heterocycles. The Hall–Kier alpha value is -0.570. The van der Waals surface area contributed by atoms with Crippen LogP contribution in [0, 0.1) is 5.92 Å². The van der Waals surface area contributed by atoms with E-state index in [4.69, 9.17) is 4.74 Å². The predicted molar refractivity (Wildman–Crippen MR) is 35.5 cm³/mol. The smallest absolute Gasteiger partial charge is 0.334 e. The van der Waals surface area contributed by atoms with Crippen LogP contribution in [0.1, 0.15) is 13.3 Å². The Labute approximate surface area is 60.3 Å². The summed E-state index contributed by atoms with van der Waals surface area (Å²) >= 11 is 0. The summed E-state index contributed by atoms with van der Waals surface area (Å²) in [7, 11) is 1.38. The Morgan fingerprint density at radius 1 is 1.70 bits per heavy atom. The van der Waals surface area contributed by atoms with Crippen molar-refractivity contribution in [1.82, 2.24) is 0 Å². The van der Waals surface area contributed by atoms with Gasteiger partial charge in [-0.25, -0.2) is 4.79 Å². The summed E-state index contributed by atoms with van der Waals surface area (Å²) in [5, 5.41) is 0. The molecule has 0 N–H and O–H groups in total. The van der Waals surface area contributed by atoms with Gasteiger partial charge in [-0.15, -0.1) is 0 Å². The molecule has 3 heteroatoms. The molecule has 0 spiro atoms. The Balaban J connectivity index is 2.37. The van der Waals surface area contributed by atoms with E-state index in [2.05, 4.69) is 11.7 Å². The van der Waals surface area contributed by atoms with E-state index >= 15 is 0 Å². The summed E-state index contributed by atoms with van der Waals surface area (Å²) < 4.78 is 9.66. The normalized spacial score (nSPS) is 32.2. The molecule has 3 nitrogen and oxygen atoms in total. The lowest BCUT2D eigenvalue weighted by atomic mass is 10.1. The van der Waals surface area contributed by atoms with Crippen molar-refractivity contribution in [2.45, 2.75) is 19.4 Å². The van der Waals surface area contributed by atoms with E-state index in [9.17, 15) is 4.79 Å². The predicted octanol–water partition coefficient (Wildman–Crippen LogP) is 0.584.